The number of guanidine groups is 1. The minimum absolute atomic E-state index is 0.0396. The van der Waals surface area contributed by atoms with Gasteiger partial charge in [0.1, 0.15) is 16.5 Å². The van der Waals surface area contributed by atoms with Crippen LogP contribution in [-0.2, 0) is 22.0 Å². The van der Waals surface area contributed by atoms with Crippen molar-refractivity contribution in [2.75, 3.05) is 13.7 Å². The average Bonchev–Trinajstić information content (AvgIpc) is 3.05. The third-order valence-electron chi connectivity index (χ3n) is 6.26. The van der Waals surface area contributed by atoms with Crippen LogP contribution in [0.15, 0.2) is 23.2 Å². The lowest BCUT2D eigenvalue weighted by atomic mass is 9.85. The van der Waals surface area contributed by atoms with Crippen molar-refractivity contribution in [3.8, 4) is 5.75 Å². The minimum Gasteiger partial charge on any atom is -0.493 e. The van der Waals surface area contributed by atoms with Crippen molar-refractivity contribution in [2.45, 2.75) is 56.2 Å². The van der Waals surface area contributed by atoms with E-state index in [9.17, 15) is 8.42 Å². The van der Waals surface area contributed by atoms with Crippen LogP contribution in [0.1, 0.15) is 50.2 Å². The van der Waals surface area contributed by atoms with Gasteiger partial charge in [0.25, 0.3) is 0 Å². The first-order chi connectivity index (χ1) is 12.3. The Kier molecular flexibility index (Phi) is 4.17. The lowest BCUT2D eigenvalue weighted by Gasteiger charge is -2.40. The molecule has 0 unspecified atom stereocenters. The van der Waals surface area contributed by atoms with Crippen LogP contribution in [0.25, 0.3) is 0 Å². The number of nitrogens with zero attached hydrogens (tertiary/aromatic N) is 2. The Morgan fingerprint density at radius 1 is 1.31 bits per heavy atom. The number of ether oxygens (including phenoxy) is 1. The van der Waals surface area contributed by atoms with Crippen molar-refractivity contribution in [3.05, 3.63) is 29.3 Å². The molecule has 7 heteroatoms. The Morgan fingerprint density at radius 3 is 2.77 bits per heavy atom. The van der Waals surface area contributed by atoms with Crippen LogP contribution in [0.2, 0.25) is 0 Å². The summed E-state index contributed by atoms with van der Waals surface area (Å²) in [6.07, 6.45) is 6.59. The van der Waals surface area contributed by atoms with Crippen molar-refractivity contribution in [1.82, 2.24) is 4.31 Å². The highest BCUT2D eigenvalue weighted by atomic mass is 32.2. The molecule has 1 aliphatic carbocycles. The van der Waals surface area contributed by atoms with Crippen molar-refractivity contribution in [1.29, 1.82) is 0 Å². The Bertz CT molecular complexity index is 846. The standard InChI is InChI=1S/C19H27N3O3S/c1-19-15-12-14(11-13-5-3-4-6-13)7-8-16(15)25-10-9-17(19)26(23,24)22(2)18(20)21-19/h7-8,12-13,17H,3-6,9-11H2,1-2H3,(H2,20,21)/t17-,19+/m0/s1. The van der Waals surface area contributed by atoms with E-state index in [1.807, 2.05) is 13.0 Å². The van der Waals surface area contributed by atoms with Gasteiger partial charge in [-0.1, -0.05) is 31.7 Å². The molecule has 2 heterocycles. The Morgan fingerprint density at radius 2 is 2.04 bits per heavy atom. The third-order valence-corrected chi connectivity index (χ3v) is 8.63. The summed E-state index contributed by atoms with van der Waals surface area (Å²) in [7, 11) is -2.10. The fraction of sp³-hybridized carbons (Fsp3) is 0.632. The summed E-state index contributed by atoms with van der Waals surface area (Å²) in [5.74, 6) is 1.48. The van der Waals surface area contributed by atoms with Crippen LogP contribution >= 0.6 is 0 Å². The molecule has 0 aromatic heterocycles. The Hall–Kier alpha value is -1.76. The van der Waals surface area contributed by atoms with Gasteiger partial charge in [-0.15, -0.1) is 0 Å². The summed E-state index contributed by atoms with van der Waals surface area (Å²) < 4.78 is 33.0. The molecule has 0 amide bonds. The number of rotatable bonds is 2. The number of hydrogen-bond acceptors (Lipinski definition) is 5. The molecule has 6 nitrogen and oxygen atoms in total. The van der Waals surface area contributed by atoms with E-state index < -0.39 is 20.8 Å². The largest absolute Gasteiger partial charge is 0.493 e. The minimum atomic E-state index is -3.57. The fourth-order valence-corrected chi connectivity index (χ4v) is 6.54. The van der Waals surface area contributed by atoms with Crippen molar-refractivity contribution >= 4 is 16.0 Å². The second-order valence-electron chi connectivity index (χ2n) is 7.94. The van der Waals surface area contributed by atoms with Gasteiger partial charge in [-0.05, 0) is 37.0 Å². The molecule has 1 aromatic carbocycles. The van der Waals surface area contributed by atoms with Crippen molar-refractivity contribution in [3.63, 3.8) is 0 Å². The summed E-state index contributed by atoms with van der Waals surface area (Å²) >= 11 is 0. The summed E-state index contributed by atoms with van der Waals surface area (Å²) in [4.78, 5) is 4.65. The molecule has 1 aromatic rings. The Balaban J connectivity index is 1.81. The number of fused-ring (bicyclic) bond motifs is 3. The molecule has 26 heavy (non-hydrogen) atoms. The molecule has 2 atom stereocenters. The van der Waals surface area contributed by atoms with Gasteiger partial charge in [0.2, 0.25) is 16.0 Å². The van der Waals surface area contributed by atoms with Gasteiger partial charge in [-0.25, -0.2) is 17.7 Å². The normalized spacial score (nSPS) is 30.8. The molecule has 1 saturated carbocycles. The highest BCUT2D eigenvalue weighted by Crippen LogP contribution is 2.45. The highest BCUT2D eigenvalue weighted by Gasteiger charge is 2.52. The van der Waals surface area contributed by atoms with Gasteiger partial charge in [0.15, 0.2) is 0 Å². The van der Waals surface area contributed by atoms with Crippen LogP contribution in [-0.4, -0.2) is 37.6 Å². The second-order valence-corrected chi connectivity index (χ2v) is 10.1. The first-order valence-corrected chi connectivity index (χ1v) is 10.9. The number of hydrogen-bond donors (Lipinski definition) is 1. The molecule has 2 N–H and O–H groups in total. The topological polar surface area (TPSA) is 85.0 Å². The van der Waals surface area contributed by atoms with Crippen LogP contribution in [0.3, 0.4) is 0 Å². The molecule has 0 spiro atoms. The number of benzene rings is 1. The van der Waals surface area contributed by atoms with Gasteiger partial charge in [0, 0.05) is 19.0 Å². The molecule has 0 radical (unpaired) electrons. The maximum absolute atomic E-state index is 13.0. The number of sulfonamides is 1. The van der Waals surface area contributed by atoms with E-state index in [4.69, 9.17) is 10.5 Å². The van der Waals surface area contributed by atoms with Crippen LogP contribution < -0.4 is 10.5 Å². The van der Waals surface area contributed by atoms with E-state index >= 15 is 0 Å². The summed E-state index contributed by atoms with van der Waals surface area (Å²) in [5.41, 5.74) is 7.13. The molecule has 0 bridgehead atoms. The van der Waals surface area contributed by atoms with Crippen LogP contribution in [0.4, 0.5) is 0 Å². The molecule has 3 aliphatic rings. The third kappa shape index (κ3) is 2.68. The van der Waals surface area contributed by atoms with Crippen LogP contribution in [0.5, 0.6) is 5.75 Å². The van der Waals surface area contributed by atoms with Gasteiger partial charge < -0.3 is 10.5 Å². The first kappa shape index (κ1) is 17.6. The quantitative estimate of drug-likeness (QED) is 0.857. The zero-order valence-corrected chi connectivity index (χ0v) is 16.3. The lowest BCUT2D eigenvalue weighted by Crippen LogP contribution is -2.56. The molecule has 1 fully saturated rings. The first-order valence-electron chi connectivity index (χ1n) is 9.41. The predicted octanol–water partition coefficient (Wildman–Crippen LogP) is 2.38. The molecule has 4 rings (SSSR count). The van der Waals surface area contributed by atoms with Gasteiger partial charge >= 0.3 is 0 Å². The lowest BCUT2D eigenvalue weighted by molar-refractivity contribution is 0.310. The number of nitrogens with two attached hydrogens (primary N) is 1. The number of aliphatic imine (C=N–C) groups is 1. The van der Waals surface area contributed by atoms with E-state index in [0.717, 1.165) is 28.0 Å². The van der Waals surface area contributed by atoms with E-state index in [2.05, 4.69) is 17.1 Å². The molecular formula is C19H27N3O3S. The molecular weight excluding hydrogens is 350 g/mol. The monoisotopic (exact) mass is 377 g/mol. The SMILES string of the molecule is CN1C(N)=N[C@]2(C)c3cc(CC4CCCC4)ccc3OCC[C@@H]2S1(=O)=O. The van der Waals surface area contributed by atoms with Crippen molar-refractivity contribution in [2.24, 2.45) is 16.6 Å². The average molecular weight is 378 g/mol. The van der Waals surface area contributed by atoms with Gasteiger partial charge in [-0.2, -0.15) is 0 Å². The zero-order valence-electron chi connectivity index (χ0n) is 15.4. The molecule has 142 valence electrons. The second kappa shape index (κ2) is 6.15. The summed E-state index contributed by atoms with van der Waals surface area (Å²) in [6, 6.07) is 6.19. The van der Waals surface area contributed by atoms with E-state index in [-0.39, 0.29) is 5.96 Å². The predicted molar refractivity (Wildman–Crippen MR) is 102 cm³/mol. The van der Waals surface area contributed by atoms with Crippen LogP contribution in [0, 0.1) is 5.92 Å². The molecule has 2 aliphatic heterocycles. The van der Waals surface area contributed by atoms with Crippen molar-refractivity contribution < 1.29 is 13.2 Å². The molecule has 0 saturated heterocycles. The van der Waals surface area contributed by atoms with Gasteiger partial charge in [-0.3, -0.25) is 0 Å². The van der Waals surface area contributed by atoms with E-state index in [0.29, 0.717) is 13.0 Å². The smallest absolute Gasteiger partial charge is 0.242 e. The summed E-state index contributed by atoms with van der Waals surface area (Å²) in [6.45, 7) is 2.24. The van der Waals surface area contributed by atoms with E-state index in [1.165, 1.54) is 38.3 Å². The summed E-state index contributed by atoms with van der Waals surface area (Å²) in [5, 5.41) is -0.671. The maximum atomic E-state index is 13.0. The van der Waals surface area contributed by atoms with Gasteiger partial charge in [0.05, 0.1) is 6.61 Å². The Labute approximate surface area is 155 Å². The maximum Gasteiger partial charge on any atom is 0.242 e. The zero-order chi connectivity index (χ0) is 18.5. The van der Waals surface area contributed by atoms with E-state index in [1.54, 1.807) is 0 Å². The highest BCUT2D eigenvalue weighted by molar-refractivity contribution is 7.90. The fourth-order valence-electron chi connectivity index (χ4n) is 4.70.